The molecule has 1 aromatic heterocycles. The van der Waals surface area contributed by atoms with E-state index in [1.165, 1.54) is 17.3 Å². The lowest BCUT2D eigenvalue weighted by molar-refractivity contribution is -0.134. The van der Waals surface area contributed by atoms with Gasteiger partial charge in [0, 0.05) is 19.3 Å². The van der Waals surface area contributed by atoms with Gasteiger partial charge in [0.25, 0.3) is 0 Å². The fraction of sp³-hybridized carbons (Fsp3) is 0.421. The number of aromatic carboxylic acids is 1. The van der Waals surface area contributed by atoms with Crippen molar-refractivity contribution in [3.8, 4) is 0 Å². The van der Waals surface area contributed by atoms with Crippen LogP contribution in [0.1, 0.15) is 52.7 Å². The second-order valence-electron chi connectivity index (χ2n) is 6.86. The van der Waals surface area contributed by atoms with Crippen LogP contribution in [0.15, 0.2) is 36.7 Å². The number of amides is 1. The summed E-state index contributed by atoms with van der Waals surface area (Å²) in [5.74, 6) is -0.732. The predicted octanol–water partition coefficient (Wildman–Crippen LogP) is 2.47. The summed E-state index contributed by atoms with van der Waals surface area (Å²) in [6, 6.07) is 8.40. The molecule has 2 aliphatic rings. The van der Waals surface area contributed by atoms with Crippen LogP contribution >= 0.6 is 0 Å². The number of nitrogens with zero attached hydrogens (tertiary/aromatic N) is 3. The van der Waals surface area contributed by atoms with Crippen molar-refractivity contribution in [1.29, 1.82) is 0 Å². The number of likely N-dealkylation sites (tertiary alicyclic amines) is 1. The number of carbonyl (C=O) groups is 2. The number of carboxylic acids is 1. The minimum atomic E-state index is -0.959. The third kappa shape index (κ3) is 2.92. The Morgan fingerprint density at radius 3 is 2.60 bits per heavy atom. The van der Waals surface area contributed by atoms with E-state index in [0.29, 0.717) is 13.1 Å². The van der Waals surface area contributed by atoms with Crippen LogP contribution in [0.5, 0.6) is 0 Å². The summed E-state index contributed by atoms with van der Waals surface area (Å²) in [6.45, 7) is 1.40. The number of aryl methyl sites for hydroxylation is 1. The number of piperidine rings is 1. The molecular weight excluding hydrogens is 318 g/mol. The molecule has 6 nitrogen and oxygen atoms in total. The van der Waals surface area contributed by atoms with Gasteiger partial charge < -0.3 is 10.0 Å². The molecule has 1 aromatic carbocycles. The second kappa shape index (κ2) is 6.35. The Morgan fingerprint density at radius 2 is 1.88 bits per heavy atom. The highest BCUT2D eigenvalue weighted by Crippen LogP contribution is 2.35. The van der Waals surface area contributed by atoms with E-state index in [0.717, 1.165) is 25.7 Å². The fourth-order valence-corrected chi connectivity index (χ4v) is 4.03. The van der Waals surface area contributed by atoms with Gasteiger partial charge in [-0.05, 0) is 36.8 Å². The van der Waals surface area contributed by atoms with E-state index in [-0.39, 0.29) is 23.4 Å². The first-order chi connectivity index (χ1) is 12.1. The minimum Gasteiger partial charge on any atom is -0.478 e. The first-order valence-electron chi connectivity index (χ1n) is 8.77. The number of aromatic nitrogens is 2. The standard InChI is InChI=1S/C19H21N3O3/c23-18(17-6-5-13-3-1-2-4-16(13)17)21-9-7-15(8-10-21)22-12-14(11-20-22)19(24)25/h1-4,11-12,15,17H,5-10H2,(H,24,25). The zero-order chi connectivity index (χ0) is 17.4. The Morgan fingerprint density at radius 1 is 1.12 bits per heavy atom. The van der Waals surface area contributed by atoms with Crippen LogP contribution in [0.4, 0.5) is 0 Å². The molecule has 6 heteroatoms. The van der Waals surface area contributed by atoms with E-state index in [9.17, 15) is 9.59 Å². The minimum absolute atomic E-state index is 0.00364. The van der Waals surface area contributed by atoms with Gasteiger partial charge in [-0.3, -0.25) is 9.48 Å². The quantitative estimate of drug-likeness (QED) is 0.932. The van der Waals surface area contributed by atoms with Gasteiger partial charge in [-0.2, -0.15) is 5.10 Å². The number of hydrogen-bond donors (Lipinski definition) is 1. The van der Waals surface area contributed by atoms with Gasteiger partial charge in [-0.15, -0.1) is 0 Å². The lowest BCUT2D eigenvalue weighted by Crippen LogP contribution is -2.41. The predicted molar refractivity (Wildman–Crippen MR) is 91.5 cm³/mol. The zero-order valence-corrected chi connectivity index (χ0v) is 14.0. The first-order valence-corrected chi connectivity index (χ1v) is 8.77. The molecule has 2 heterocycles. The average Bonchev–Trinajstić information content (AvgIpc) is 3.29. The Labute approximate surface area is 146 Å². The van der Waals surface area contributed by atoms with E-state index in [4.69, 9.17) is 5.11 Å². The molecule has 0 saturated carbocycles. The Kier molecular flexibility index (Phi) is 4.03. The third-order valence-corrected chi connectivity index (χ3v) is 5.43. The van der Waals surface area contributed by atoms with Crippen LogP contribution in [0.25, 0.3) is 0 Å². The van der Waals surface area contributed by atoms with Crippen molar-refractivity contribution in [3.63, 3.8) is 0 Å². The molecule has 1 unspecified atom stereocenters. The van der Waals surface area contributed by atoms with Gasteiger partial charge in [0.1, 0.15) is 0 Å². The lowest BCUT2D eigenvalue weighted by Gasteiger charge is -2.33. The first kappa shape index (κ1) is 15.9. The third-order valence-electron chi connectivity index (χ3n) is 5.43. The second-order valence-corrected chi connectivity index (χ2v) is 6.86. The highest BCUT2D eigenvalue weighted by molar-refractivity contribution is 5.87. The Hall–Kier alpha value is -2.63. The fourth-order valence-electron chi connectivity index (χ4n) is 4.03. The zero-order valence-electron chi connectivity index (χ0n) is 14.0. The van der Waals surface area contributed by atoms with Crippen LogP contribution in [0.3, 0.4) is 0 Å². The van der Waals surface area contributed by atoms with Crippen molar-refractivity contribution in [2.24, 2.45) is 0 Å². The molecule has 130 valence electrons. The van der Waals surface area contributed by atoms with Crippen molar-refractivity contribution >= 4 is 11.9 Å². The van der Waals surface area contributed by atoms with Crippen LogP contribution in [-0.2, 0) is 11.2 Å². The Bertz CT molecular complexity index is 806. The van der Waals surface area contributed by atoms with Crippen molar-refractivity contribution < 1.29 is 14.7 Å². The molecular formula is C19H21N3O3. The molecule has 0 radical (unpaired) electrons. The number of carbonyl (C=O) groups excluding carboxylic acids is 1. The monoisotopic (exact) mass is 339 g/mol. The summed E-state index contributed by atoms with van der Waals surface area (Å²) < 4.78 is 1.73. The summed E-state index contributed by atoms with van der Waals surface area (Å²) in [4.78, 5) is 25.9. The van der Waals surface area contributed by atoms with Crippen LogP contribution in [0, 0.1) is 0 Å². The molecule has 1 N–H and O–H groups in total. The normalized spacial score (nSPS) is 20.5. The van der Waals surface area contributed by atoms with E-state index in [2.05, 4.69) is 17.2 Å². The maximum absolute atomic E-state index is 12.9. The highest BCUT2D eigenvalue weighted by atomic mass is 16.4. The lowest BCUT2D eigenvalue weighted by atomic mass is 9.97. The number of rotatable bonds is 3. The summed E-state index contributed by atoms with van der Waals surface area (Å²) in [5, 5.41) is 13.2. The average molecular weight is 339 g/mol. The summed E-state index contributed by atoms with van der Waals surface area (Å²) in [7, 11) is 0. The molecule has 1 atom stereocenters. The molecule has 0 bridgehead atoms. The molecule has 1 fully saturated rings. The largest absolute Gasteiger partial charge is 0.478 e. The molecule has 1 amide bonds. The van der Waals surface area contributed by atoms with Crippen LogP contribution in [-0.4, -0.2) is 44.8 Å². The van der Waals surface area contributed by atoms with Gasteiger partial charge in [-0.1, -0.05) is 24.3 Å². The maximum atomic E-state index is 12.9. The number of fused-ring (bicyclic) bond motifs is 1. The number of carboxylic acid groups (broad SMARTS) is 1. The number of benzene rings is 1. The molecule has 4 rings (SSSR count). The molecule has 0 spiro atoms. The SMILES string of the molecule is O=C(O)c1cnn(C2CCN(C(=O)C3CCc4ccccc43)CC2)c1. The van der Waals surface area contributed by atoms with E-state index in [1.807, 2.05) is 17.0 Å². The van der Waals surface area contributed by atoms with Crippen molar-refractivity contribution in [2.45, 2.75) is 37.6 Å². The number of hydrogen-bond acceptors (Lipinski definition) is 3. The van der Waals surface area contributed by atoms with Gasteiger partial charge >= 0.3 is 5.97 Å². The van der Waals surface area contributed by atoms with Crippen molar-refractivity contribution in [2.75, 3.05) is 13.1 Å². The molecule has 1 aliphatic carbocycles. The van der Waals surface area contributed by atoms with Gasteiger partial charge in [0.05, 0.1) is 23.7 Å². The molecule has 25 heavy (non-hydrogen) atoms. The maximum Gasteiger partial charge on any atom is 0.338 e. The summed E-state index contributed by atoms with van der Waals surface area (Å²) in [5.41, 5.74) is 2.70. The van der Waals surface area contributed by atoms with Gasteiger partial charge in [0.2, 0.25) is 5.91 Å². The summed E-state index contributed by atoms with van der Waals surface area (Å²) >= 11 is 0. The highest BCUT2D eigenvalue weighted by Gasteiger charge is 2.33. The van der Waals surface area contributed by atoms with Gasteiger partial charge in [-0.25, -0.2) is 4.79 Å². The van der Waals surface area contributed by atoms with E-state index >= 15 is 0 Å². The molecule has 1 saturated heterocycles. The summed E-state index contributed by atoms with van der Waals surface area (Å²) in [6.07, 6.45) is 6.46. The smallest absolute Gasteiger partial charge is 0.338 e. The molecule has 1 aliphatic heterocycles. The van der Waals surface area contributed by atoms with Crippen molar-refractivity contribution in [3.05, 3.63) is 53.3 Å². The molecule has 2 aromatic rings. The van der Waals surface area contributed by atoms with E-state index < -0.39 is 5.97 Å². The van der Waals surface area contributed by atoms with Crippen LogP contribution < -0.4 is 0 Å². The van der Waals surface area contributed by atoms with Crippen LogP contribution in [0.2, 0.25) is 0 Å². The topological polar surface area (TPSA) is 75.4 Å². The van der Waals surface area contributed by atoms with Crippen molar-refractivity contribution in [1.82, 2.24) is 14.7 Å². The van der Waals surface area contributed by atoms with E-state index in [1.54, 1.807) is 10.9 Å². The Balaban J connectivity index is 1.40. The van der Waals surface area contributed by atoms with Gasteiger partial charge in [0.15, 0.2) is 0 Å².